The van der Waals surface area contributed by atoms with E-state index in [0.29, 0.717) is 0 Å². The summed E-state index contributed by atoms with van der Waals surface area (Å²) in [5.74, 6) is -4.40. The van der Waals surface area contributed by atoms with Crippen molar-refractivity contribution in [2.75, 3.05) is 19.6 Å². The minimum Gasteiger partial charge on any atom is -0.383 e. The van der Waals surface area contributed by atoms with E-state index in [1.54, 1.807) is 0 Å². The zero-order valence-electron chi connectivity index (χ0n) is 9.79. The van der Waals surface area contributed by atoms with Crippen molar-refractivity contribution in [2.45, 2.75) is 10.9 Å². The fraction of sp³-hybridized carbons (Fsp3) is 0.400. The van der Waals surface area contributed by atoms with Gasteiger partial charge in [0.05, 0.1) is 12.6 Å². The van der Waals surface area contributed by atoms with Gasteiger partial charge in [-0.15, -0.1) is 11.6 Å². The third-order valence-corrected chi connectivity index (χ3v) is 4.05. The van der Waals surface area contributed by atoms with E-state index in [4.69, 9.17) is 16.3 Å². The standard InChI is InChI=1S/C10H11ClF3NO3S/c1-18-5-7(4-11)15-19(16,17)10-8(13)2-6(12)3-9(10)14/h2-3,7,15H,4-5H2,1H3. The molecule has 4 nitrogen and oxygen atoms in total. The van der Waals surface area contributed by atoms with Gasteiger partial charge in [0.1, 0.15) is 17.5 Å². The van der Waals surface area contributed by atoms with Crippen molar-refractivity contribution in [3.05, 3.63) is 29.6 Å². The molecule has 108 valence electrons. The largest absolute Gasteiger partial charge is 0.383 e. The van der Waals surface area contributed by atoms with Crippen LogP contribution in [0.4, 0.5) is 13.2 Å². The fourth-order valence-electron chi connectivity index (χ4n) is 1.38. The van der Waals surface area contributed by atoms with Crippen LogP contribution in [0.15, 0.2) is 17.0 Å². The van der Waals surface area contributed by atoms with Crippen molar-refractivity contribution in [1.29, 1.82) is 0 Å². The fourth-order valence-corrected chi connectivity index (χ4v) is 2.97. The smallest absolute Gasteiger partial charge is 0.246 e. The Labute approximate surface area is 113 Å². The molecule has 19 heavy (non-hydrogen) atoms. The SMILES string of the molecule is COCC(CCl)NS(=O)(=O)c1c(F)cc(F)cc1F. The summed E-state index contributed by atoms with van der Waals surface area (Å²) in [7, 11) is -3.19. The first kappa shape index (κ1) is 16.2. The maximum atomic E-state index is 13.4. The van der Waals surface area contributed by atoms with Gasteiger partial charge in [0, 0.05) is 25.1 Å². The molecule has 1 aromatic rings. The van der Waals surface area contributed by atoms with Crippen molar-refractivity contribution >= 4 is 21.6 Å². The molecule has 0 aliphatic rings. The lowest BCUT2D eigenvalue weighted by molar-refractivity contribution is 0.181. The van der Waals surface area contributed by atoms with E-state index in [9.17, 15) is 21.6 Å². The van der Waals surface area contributed by atoms with Crippen molar-refractivity contribution < 1.29 is 26.3 Å². The van der Waals surface area contributed by atoms with Crippen LogP contribution in [0.2, 0.25) is 0 Å². The molecule has 1 rings (SSSR count). The van der Waals surface area contributed by atoms with E-state index in [0.717, 1.165) is 0 Å². The van der Waals surface area contributed by atoms with Gasteiger partial charge >= 0.3 is 0 Å². The lowest BCUT2D eigenvalue weighted by Crippen LogP contribution is -2.40. The highest BCUT2D eigenvalue weighted by atomic mass is 35.5. The number of ether oxygens (including phenoxy) is 1. The quantitative estimate of drug-likeness (QED) is 0.812. The highest BCUT2D eigenvalue weighted by molar-refractivity contribution is 7.89. The molecule has 0 aliphatic carbocycles. The Morgan fingerprint density at radius 2 is 1.84 bits per heavy atom. The molecule has 0 saturated heterocycles. The number of rotatable bonds is 6. The highest BCUT2D eigenvalue weighted by Crippen LogP contribution is 2.20. The molecule has 0 fully saturated rings. The van der Waals surface area contributed by atoms with Crippen molar-refractivity contribution in [1.82, 2.24) is 4.72 Å². The highest BCUT2D eigenvalue weighted by Gasteiger charge is 2.27. The molecule has 9 heteroatoms. The monoisotopic (exact) mass is 317 g/mol. The van der Waals surface area contributed by atoms with Crippen LogP contribution in [0.25, 0.3) is 0 Å². The van der Waals surface area contributed by atoms with E-state index < -0.39 is 38.4 Å². The number of alkyl halides is 1. The van der Waals surface area contributed by atoms with E-state index in [1.807, 2.05) is 4.72 Å². The number of hydrogen-bond donors (Lipinski definition) is 1. The van der Waals surface area contributed by atoms with Crippen LogP contribution in [0.1, 0.15) is 0 Å². The molecular weight excluding hydrogens is 307 g/mol. The second-order valence-corrected chi connectivity index (χ2v) is 5.59. The maximum Gasteiger partial charge on any atom is 0.246 e. The zero-order valence-corrected chi connectivity index (χ0v) is 11.4. The van der Waals surface area contributed by atoms with Crippen molar-refractivity contribution in [2.24, 2.45) is 0 Å². The number of hydrogen-bond acceptors (Lipinski definition) is 3. The Balaban J connectivity index is 3.14. The van der Waals surface area contributed by atoms with Gasteiger partial charge < -0.3 is 4.74 Å². The predicted octanol–water partition coefficient (Wildman–Crippen LogP) is 1.64. The van der Waals surface area contributed by atoms with Crippen LogP contribution >= 0.6 is 11.6 Å². The molecule has 0 saturated carbocycles. The van der Waals surface area contributed by atoms with Crippen LogP contribution in [0, 0.1) is 17.5 Å². The molecule has 1 N–H and O–H groups in total. The molecule has 0 spiro atoms. The number of methoxy groups -OCH3 is 1. The van der Waals surface area contributed by atoms with Gasteiger partial charge in [-0.3, -0.25) is 0 Å². The van der Waals surface area contributed by atoms with Gasteiger partial charge in [0.2, 0.25) is 10.0 Å². The molecule has 0 bridgehead atoms. The Bertz CT molecular complexity index is 530. The molecule has 0 heterocycles. The van der Waals surface area contributed by atoms with Gasteiger partial charge in [-0.1, -0.05) is 0 Å². The Kier molecular flexibility index (Phi) is 5.60. The molecule has 0 radical (unpaired) electrons. The van der Waals surface area contributed by atoms with Crippen LogP contribution in [0.3, 0.4) is 0 Å². The van der Waals surface area contributed by atoms with Crippen LogP contribution in [-0.4, -0.2) is 34.1 Å². The normalized spacial score (nSPS) is 13.5. The number of sulfonamides is 1. The summed E-state index contributed by atoms with van der Waals surface area (Å²) in [5, 5.41) is 0. The summed E-state index contributed by atoms with van der Waals surface area (Å²) in [5.41, 5.74) is 0. The van der Waals surface area contributed by atoms with Gasteiger partial charge in [-0.25, -0.2) is 26.3 Å². The van der Waals surface area contributed by atoms with Crippen molar-refractivity contribution in [3.63, 3.8) is 0 Å². The number of nitrogens with one attached hydrogen (secondary N) is 1. The molecule has 1 atom stereocenters. The number of halogens is 4. The second kappa shape index (κ2) is 6.56. The molecule has 0 amide bonds. The molecule has 1 aromatic carbocycles. The lowest BCUT2D eigenvalue weighted by Gasteiger charge is -2.15. The van der Waals surface area contributed by atoms with E-state index in [-0.39, 0.29) is 24.6 Å². The Morgan fingerprint density at radius 3 is 2.26 bits per heavy atom. The topological polar surface area (TPSA) is 55.4 Å². The predicted molar refractivity (Wildman–Crippen MR) is 63.0 cm³/mol. The molecular formula is C10H11ClF3NO3S. The summed E-state index contributed by atoms with van der Waals surface area (Å²) in [4.78, 5) is -1.25. The summed E-state index contributed by atoms with van der Waals surface area (Å²) >= 11 is 5.49. The third kappa shape index (κ3) is 4.07. The van der Waals surface area contributed by atoms with E-state index in [1.165, 1.54) is 7.11 Å². The molecule has 0 aliphatic heterocycles. The maximum absolute atomic E-state index is 13.4. The Hall–Kier alpha value is -0.830. The Morgan fingerprint density at radius 1 is 1.32 bits per heavy atom. The first-order valence-electron chi connectivity index (χ1n) is 5.03. The van der Waals surface area contributed by atoms with Gasteiger partial charge in [0.25, 0.3) is 0 Å². The van der Waals surface area contributed by atoms with Gasteiger partial charge in [-0.05, 0) is 0 Å². The summed E-state index contributed by atoms with van der Waals surface area (Å²) in [6.45, 7) is -0.0762. The van der Waals surface area contributed by atoms with Crippen LogP contribution in [0.5, 0.6) is 0 Å². The minimum absolute atomic E-state index is 0.0762. The van der Waals surface area contributed by atoms with Gasteiger partial charge in [-0.2, -0.15) is 0 Å². The summed E-state index contributed by atoms with van der Waals surface area (Å²) in [6.07, 6.45) is 0. The van der Waals surface area contributed by atoms with Crippen molar-refractivity contribution in [3.8, 4) is 0 Å². The van der Waals surface area contributed by atoms with E-state index in [2.05, 4.69) is 0 Å². The summed E-state index contributed by atoms with van der Waals surface area (Å²) in [6, 6.07) is -0.298. The number of benzene rings is 1. The van der Waals surface area contributed by atoms with Crippen LogP contribution < -0.4 is 4.72 Å². The van der Waals surface area contributed by atoms with Crippen LogP contribution in [-0.2, 0) is 14.8 Å². The second-order valence-electron chi connectivity index (χ2n) is 3.63. The summed E-state index contributed by atoms with van der Waals surface area (Å²) < 4.78 is 69.8. The molecule has 0 aromatic heterocycles. The zero-order chi connectivity index (χ0) is 14.6. The lowest BCUT2D eigenvalue weighted by atomic mass is 10.3. The van der Waals surface area contributed by atoms with Gasteiger partial charge in [0.15, 0.2) is 4.90 Å². The first-order valence-corrected chi connectivity index (χ1v) is 7.05. The van der Waals surface area contributed by atoms with E-state index >= 15 is 0 Å². The first-order chi connectivity index (χ1) is 8.81. The minimum atomic E-state index is -4.50. The average molecular weight is 318 g/mol. The molecule has 1 unspecified atom stereocenters. The third-order valence-electron chi connectivity index (χ3n) is 2.11. The average Bonchev–Trinajstić information content (AvgIpc) is 2.25.